The number of halogens is 2. The zero-order valence-electron chi connectivity index (χ0n) is 9.70. The average molecular weight is 287 g/mol. The van der Waals surface area contributed by atoms with Gasteiger partial charge in [0.1, 0.15) is 5.69 Å². The topological polar surface area (TPSA) is 78.0 Å². The standard InChI is InChI=1S/C11H11F2N3O2S/c12-11(13)9-6-10(19(14,17)18)16(15-9)7-8-4-2-1-3-5-8/h1-6,11H,7H2,(H2,14,17,18). The molecule has 0 saturated heterocycles. The highest BCUT2D eigenvalue weighted by molar-refractivity contribution is 7.89. The molecule has 0 aliphatic rings. The Balaban J connectivity index is 2.44. The molecule has 0 aliphatic carbocycles. The van der Waals surface area contributed by atoms with Gasteiger partial charge >= 0.3 is 0 Å². The molecule has 0 spiro atoms. The third-order valence-corrected chi connectivity index (χ3v) is 3.36. The Morgan fingerprint density at radius 2 is 1.89 bits per heavy atom. The molecule has 1 aromatic carbocycles. The summed E-state index contributed by atoms with van der Waals surface area (Å²) in [7, 11) is -4.10. The quantitative estimate of drug-likeness (QED) is 0.926. The molecule has 19 heavy (non-hydrogen) atoms. The van der Waals surface area contributed by atoms with Crippen molar-refractivity contribution in [1.29, 1.82) is 0 Å². The van der Waals surface area contributed by atoms with Gasteiger partial charge in [-0.25, -0.2) is 27.0 Å². The van der Waals surface area contributed by atoms with Crippen LogP contribution in [0.1, 0.15) is 17.7 Å². The Morgan fingerprint density at radius 1 is 1.26 bits per heavy atom. The first-order chi connectivity index (χ1) is 8.88. The Hall–Kier alpha value is -1.80. The van der Waals surface area contributed by atoms with Gasteiger partial charge in [-0.2, -0.15) is 5.10 Å². The van der Waals surface area contributed by atoms with Crippen molar-refractivity contribution in [2.45, 2.75) is 18.0 Å². The molecule has 1 heterocycles. The number of aromatic nitrogens is 2. The number of rotatable bonds is 4. The predicted molar refractivity (Wildman–Crippen MR) is 64.1 cm³/mol. The minimum atomic E-state index is -4.10. The second-order valence-corrected chi connectivity index (χ2v) is 5.40. The minimum Gasteiger partial charge on any atom is -0.248 e. The zero-order valence-corrected chi connectivity index (χ0v) is 10.5. The van der Waals surface area contributed by atoms with E-state index in [0.717, 1.165) is 16.3 Å². The van der Waals surface area contributed by atoms with Gasteiger partial charge in [-0.1, -0.05) is 30.3 Å². The highest BCUT2D eigenvalue weighted by Crippen LogP contribution is 2.21. The van der Waals surface area contributed by atoms with E-state index in [-0.39, 0.29) is 6.54 Å². The third kappa shape index (κ3) is 3.15. The van der Waals surface area contributed by atoms with Crippen molar-refractivity contribution in [3.05, 3.63) is 47.7 Å². The van der Waals surface area contributed by atoms with Gasteiger partial charge in [0.2, 0.25) is 0 Å². The molecule has 0 amide bonds. The van der Waals surface area contributed by atoms with E-state index in [0.29, 0.717) is 0 Å². The van der Waals surface area contributed by atoms with E-state index in [2.05, 4.69) is 5.10 Å². The first kappa shape index (κ1) is 13.6. The number of primary sulfonamides is 1. The van der Waals surface area contributed by atoms with Crippen molar-refractivity contribution in [2.24, 2.45) is 5.14 Å². The molecule has 1 aromatic heterocycles. The van der Waals surface area contributed by atoms with Crippen LogP contribution in [0.4, 0.5) is 8.78 Å². The van der Waals surface area contributed by atoms with Crippen LogP contribution in [0.2, 0.25) is 0 Å². The van der Waals surface area contributed by atoms with Crippen molar-refractivity contribution >= 4 is 10.0 Å². The average Bonchev–Trinajstić information content (AvgIpc) is 2.74. The highest BCUT2D eigenvalue weighted by Gasteiger charge is 2.21. The van der Waals surface area contributed by atoms with Crippen molar-refractivity contribution in [3.8, 4) is 0 Å². The van der Waals surface area contributed by atoms with Crippen molar-refractivity contribution in [1.82, 2.24) is 9.78 Å². The van der Waals surface area contributed by atoms with Gasteiger partial charge in [-0.05, 0) is 5.56 Å². The summed E-state index contributed by atoms with van der Waals surface area (Å²) >= 11 is 0. The van der Waals surface area contributed by atoms with Gasteiger partial charge in [0.05, 0.1) is 6.54 Å². The number of hydrogen-bond donors (Lipinski definition) is 1. The molecule has 2 rings (SSSR count). The summed E-state index contributed by atoms with van der Waals surface area (Å²) in [6.45, 7) is 0.0549. The second kappa shape index (κ2) is 5.06. The SMILES string of the molecule is NS(=O)(=O)c1cc(C(F)F)nn1Cc1ccccc1. The van der Waals surface area contributed by atoms with Gasteiger partial charge < -0.3 is 0 Å². The summed E-state index contributed by atoms with van der Waals surface area (Å²) in [4.78, 5) is 0. The smallest absolute Gasteiger partial charge is 0.248 e. The molecule has 8 heteroatoms. The van der Waals surface area contributed by atoms with E-state index in [4.69, 9.17) is 5.14 Å². The van der Waals surface area contributed by atoms with Crippen LogP contribution in [-0.4, -0.2) is 18.2 Å². The van der Waals surface area contributed by atoms with E-state index < -0.39 is 27.2 Å². The molecule has 102 valence electrons. The second-order valence-electron chi connectivity index (χ2n) is 3.90. The summed E-state index contributed by atoms with van der Waals surface area (Å²) < 4.78 is 48.8. The van der Waals surface area contributed by atoms with Crippen molar-refractivity contribution in [2.75, 3.05) is 0 Å². The molecule has 5 nitrogen and oxygen atoms in total. The maximum atomic E-state index is 12.6. The lowest BCUT2D eigenvalue weighted by atomic mass is 10.2. The summed E-state index contributed by atoms with van der Waals surface area (Å²) in [6, 6.07) is 9.56. The van der Waals surface area contributed by atoms with Crippen molar-refractivity contribution < 1.29 is 17.2 Å². The monoisotopic (exact) mass is 287 g/mol. The zero-order chi connectivity index (χ0) is 14.0. The normalized spacial score (nSPS) is 12.0. The molecule has 0 bridgehead atoms. The fourth-order valence-electron chi connectivity index (χ4n) is 1.62. The summed E-state index contributed by atoms with van der Waals surface area (Å²) in [5, 5.41) is 8.15. The molecule has 0 fully saturated rings. The predicted octanol–water partition coefficient (Wildman–Crippen LogP) is 1.52. The van der Waals surface area contributed by atoms with E-state index in [1.807, 2.05) is 0 Å². The Bertz CT molecular complexity index is 669. The van der Waals surface area contributed by atoms with E-state index in [1.54, 1.807) is 30.3 Å². The molecule has 0 radical (unpaired) electrons. The number of hydrogen-bond acceptors (Lipinski definition) is 3. The molecular formula is C11H11F2N3O2S. The van der Waals surface area contributed by atoms with Gasteiger partial charge in [0, 0.05) is 6.07 Å². The van der Waals surface area contributed by atoms with Crippen molar-refractivity contribution in [3.63, 3.8) is 0 Å². The molecule has 0 aliphatic heterocycles. The largest absolute Gasteiger partial charge is 0.282 e. The number of alkyl halides is 2. The van der Waals surface area contributed by atoms with Crippen LogP contribution in [-0.2, 0) is 16.6 Å². The first-order valence-corrected chi connectivity index (χ1v) is 6.85. The Morgan fingerprint density at radius 3 is 2.42 bits per heavy atom. The lowest BCUT2D eigenvalue weighted by Gasteiger charge is -2.05. The van der Waals surface area contributed by atoms with Crippen LogP contribution >= 0.6 is 0 Å². The molecule has 2 aromatic rings. The summed E-state index contributed by atoms with van der Waals surface area (Å²) in [5.74, 6) is 0. The maximum Gasteiger partial charge on any atom is 0.282 e. The number of nitrogens with two attached hydrogens (primary N) is 1. The molecule has 0 atom stereocenters. The molecule has 2 N–H and O–H groups in total. The fourth-order valence-corrected chi connectivity index (χ4v) is 2.31. The summed E-state index contributed by atoms with van der Waals surface area (Å²) in [5.41, 5.74) is 0.122. The van der Waals surface area contributed by atoms with E-state index >= 15 is 0 Å². The first-order valence-electron chi connectivity index (χ1n) is 5.30. The number of sulfonamides is 1. The van der Waals surface area contributed by atoms with Gasteiger partial charge in [0.25, 0.3) is 16.4 Å². The van der Waals surface area contributed by atoms with Gasteiger partial charge in [-0.15, -0.1) is 0 Å². The van der Waals surface area contributed by atoms with Gasteiger partial charge in [0.15, 0.2) is 5.03 Å². The van der Waals surface area contributed by atoms with Crippen LogP contribution < -0.4 is 5.14 Å². The van der Waals surface area contributed by atoms with Crippen LogP contribution in [0.25, 0.3) is 0 Å². The lowest BCUT2D eigenvalue weighted by Crippen LogP contribution is -2.18. The van der Waals surface area contributed by atoms with E-state index in [9.17, 15) is 17.2 Å². The van der Waals surface area contributed by atoms with Crippen LogP contribution in [0, 0.1) is 0 Å². The molecule has 0 saturated carbocycles. The van der Waals surface area contributed by atoms with Crippen LogP contribution in [0.3, 0.4) is 0 Å². The van der Waals surface area contributed by atoms with Crippen LogP contribution in [0.5, 0.6) is 0 Å². The molecular weight excluding hydrogens is 276 g/mol. The summed E-state index contributed by atoms with van der Waals surface area (Å²) in [6.07, 6.45) is -2.85. The van der Waals surface area contributed by atoms with Crippen LogP contribution in [0.15, 0.2) is 41.4 Å². The number of nitrogens with zero attached hydrogens (tertiary/aromatic N) is 2. The highest BCUT2D eigenvalue weighted by atomic mass is 32.2. The maximum absolute atomic E-state index is 12.6. The minimum absolute atomic E-state index is 0.0549. The van der Waals surface area contributed by atoms with Gasteiger partial charge in [-0.3, -0.25) is 0 Å². The lowest BCUT2D eigenvalue weighted by molar-refractivity contribution is 0.145. The van der Waals surface area contributed by atoms with E-state index in [1.165, 1.54) is 0 Å². The third-order valence-electron chi connectivity index (χ3n) is 2.45. The number of benzene rings is 1. The fraction of sp³-hybridized carbons (Fsp3) is 0.182. The Labute approximate surface area is 108 Å². The molecule has 0 unspecified atom stereocenters. The Kier molecular flexibility index (Phi) is 3.63.